The topological polar surface area (TPSA) is 55.3 Å². The van der Waals surface area contributed by atoms with E-state index in [0.29, 0.717) is 11.3 Å². The normalized spacial score (nSPS) is 30.8. The van der Waals surface area contributed by atoms with Gasteiger partial charge in [-0.25, -0.2) is 0 Å². The van der Waals surface area contributed by atoms with E-state index in [1.54, 1.807) is 20.8 Å². The van der Waals surface area contributed by atoms with E-state index in [1.807, 2.05) is 4.90 Å². The van der Waals surface area contributed by atoms with Gasteiger partial charge in [0, 0.05) is 5.69 Å². The number of alkyl halides is 3. The third kappa shape index (κ3) is 2.43. The number of nitrogens with zero attached hydrogens (tertiary/aromatic N) is 1. The van der Waals surface area contributed by atoms with Crippen LogP contribution in [0.4, 0.5) is 18.9 Å². The van der Waals surface area contributed by atoms with Crippen LogP contribution in [-0.4, -0.2) is 23.3 Å². The summed E-state index contributed by atoms with van der Waals surface area (Å²) in [5, 5.41) is 0. The van der Waals surface area contributed by atoms with Crippen LogP contribution in [0.1, 0.15) is 50.7 Å². The summed E-state index contributed by atoms with van der Waals surface area (Å²) < 4.78 is 44.8. The van der Waals surface area contributed by atoms with Crippen molar-refractivity contribution in [2.75, 3.05) is 4.90 Å². The summed E-state index contributed by atoms with van der Waals surface area (Å²) >= 11 is 0. The maximum absolute atomic E-state index is 13.1. The lowest BCUT2D eigenvalue weighted by Crippen LogP contribution is -2.39. The molecular weight excluding hydrogens is 333 g/mol. The minimum atomic E-state index is -4.45. The van der Waals surface area contributed by atoms with Gasteiger partial charge < -0.3 is 15.4 Å². The molecule has 4 rings (SSSR count). The first-order valence-corrected chi connectivity index (χ1v) is 8.47. The van der Waals surface area contributed by atoms with Gasteiger partial charge in [0.05, 0.1) is 11.6 Å². The summed E-state index contributed by atoms with van der Waals surface area (Å²) in [5.41, 5.74) is 5.43. The highest BCUT2D eigenvalue weighted by molar-refractivity contribution is 5.91. The number of ether oxygens (including phenoxy) is 1. The molecule has 2 heterocycles. The first-order valence-electron chi connectivity index (χ1n) is 8.47. The molecule has 2 N–H and O–H groups in total. The minimum Gasteiger partial charge on any atom is -0.459 e. The smallest absolute Gasteiger partial charge is 0.416 e. The Hall–Kier alpha value is -1.76. The van der Waals surface area contributed by atoms with Crippen molar-refractivity contribution in [1.29, 1.82) is 0 Å². The third-order valence-electron chi connectivity index (χ3n) is 5.26. The highest BCUT2D eigenvalue weighted by Crippen LogP contribution is 2.65. The minimum absolute atomic E-state index is 0.290. The molecule has 1 saturated carbocycles. The van der Waals surface area contributed by atoms with E-state index in [0.717, 1.165) is 25.0 Å². The molecule has 0 radical (unpaired) electrons. The predicted molar refractivity (Wildman–Crippen MR) is 85.9 cm³/mol. The fourth-order valence-electron chi connectivity index (χ4n) is 4.09. The predicted octanol–water partition coefficient (Wildman–Crippen LogP) is 3.40. The summed E-state index contributed by atoms with van der Waals surface area (Å²) in [5.74, 6) is -0.992. The molecule has 3 aliphatic rings. The number of carbonyl (C=O) groups is 1. The Morgan fingerprint density at radius 2 is 1.92 bits per heavy atom. The summed E-state index contributed by atoms with van der Waals surface area (Å²) in [6, 6.07) is 3.25. The first-order chi connectivity index (χ1) is 11.4. The number of fused-ring (bicyclic) bond motifs is 3. The zero-order chi connectivity index (χ0) is 18.4. The second-order valence-electron chi connectivity index (χ2n) is 8.26. The van der Waals surface area contributed by atoms with Gasteiger partial charge in [-0.05, 0) is 63.3 Å². The number of anilines is 1. The molecule has 136 valence electrons. The molecule has 3 unspecified atom stereocenters. The quantitative estimate of drug-likeness (QED) is 0.653. The zero-order valence-corrected chi connectivity index (χ0v) is 14.4. The van der Waals surface area contributed by atoms with E-state index in [2.05, 4.69) is 0 Å². The maximum Gasteiger partial charge on any atom is 0.416 e. The van der Waals surface area contributed by atoms with Crippen molar-refractivity contribution in [3.05, 3.63) is 29.3 Å². The van der Waals surface area contributed by atoms with E-state index in [9.17, 15) is 18.0 Å². The number of hydrogen-bond acceptors (Lipinski definition) is 4. The number of esters is 1. The molecule has 0 spiro atoms. The SMILES string of the molecule is CC(C)(C)OC(=O)C1c2cc(C(F)(F)F)ccc2N2C1C2(N)C1CC1. The molecule has 7 heteroatoms. The van der Waals surface area contributed by atoms with Crippen LogP contribution < -0.4 is 10.6 Å². The summed E-state index contributed by atoms with van der Waals surface area (Å²) in [6.45, 7) is 5.23. The van der Waals surface area contributed by atoms with Crippen LogP contribution in [0.25, 0.3) is 0 Å². The Balaban J connectivity index is 1.76. The van der Waals surface area contributed by atoms with Gasteiger partial charge in [0.25, 0.3) is 0 Å². The van der Waals surface area contributed by atoms with Crippen LogP contribution in [0.3, 0.4) is 0 Å². The lowest BCUT2D eigenvalue weighted by atomic mass is 9.89. The first kappa shape index (κ1) is 16.7. The fraction of sp³-hybridized carbons (Fsp3) is 0.611. The molecule has 1 aromatic carbocycles. The Bertz CT molecular complexity index is 752. The largest absolute Gasteiger partial charge is 0.459 e. The van der Waals surface area contributed by atoms with Crippen LogP contribution in [0, 0.1) is 5.92 Å². The number of rotatable bonds is 2. The van der Waals surface area contributed by atoms with E-state index in [-0.39, 0.29) is 12.0 Å². The van der Waals surface area contributed by atoms with Crippen LogP contribution in [0.15, 0.2) is 18.2 Å². The Morgan fingerprint density at radius 3 is 2.44 bits per heavy atom. The van der Waals surface area contributed by atoms with Crippen LogP contribution in [0.2, 0.25) is 0 Å². The molecule has 0 amide bonds. The molecule has 1 aromatic rings. The highest BCUT2D eigenvalue weighted by atomic mass is 19.4. The number of halogens is 3. The fourth-order valence-corrected chi connectivity index (χ4v) is 4.09. The monoisotopic (exact) mass is 354 g/mol. The van der Waals surface area contributed by atoms with Crippen molar-refractivity contribution in [3.63, 3.8) is 0 Å². The maximum atomic E-state index is 13.1. The molecule has 1 saturated heterocycles. The molecule has 1 aliphatic carbocycles. The molecule has 3 atom stereocenters. The van der Waals surface area contributed by atoms with Gasteiger partial charge in [-0.2, -0.15) is 13.2 Å². The second-order valence-corrected chi connectivity index (χ2v) is 8.26. The summed E-state index contributed by atoms with van der Waals surface area (Å²) in [4.78, 5) is 14.7. The van der Waals surface area contributed by atoms with Gasteiger partial charge in [0.2, 0.25) is 0 Å². The lowest BCUT2D eigenvalue weighted by Gasteiger charge is -2.25. The number of hydrogen-bond donors (Lipinski definition) is 1. The van der Waals surface area contributed by atoms with Gasteiger partial charge in [0.15, 0.2) is 0 Å². The van der Waals surface area contributed by atoms with Crippen molar-refractivity contribution in [3.8, 4) is 0 Å². The average molecular weight is 354 g/mol. The summed E-state index contributed by atoms with van der Waals surface area (Å²) in [7, 11) is 0. The highest BCUT2D eigenvalue weighted by Gasteiger charge is 2.74. The van der Waals surface area contributed by atoms with Crippen molar-refractivity contribution < 1.29 is 22.7 Å². The van der Waals surface area contributed by atoms with Gasteiger partial charge >= 0.3 is 12.1 Å². The van der Waals surface area contributed by atoms with Crippen LogP contribution in [-0.2, 0) is 15.7 Å². The molecule has 0 bridgehead atoms. The standard InChI is InChI=1S/C18H21F3N2O2/c1-16(2,3)25-15(24)13-11-8-10(18(19,20)21)6-7-12(11)23-14(13)17(23,22)9-4-5-9/h6-9,13-14H,4-5,22H2,1-3H3. The Labute approximate surface area is 144 Å². The van der Waals surface area contributed by atoms with Crippen molar-refractivity contribution in [1.82, 2.24) is 0 Å². The van der Waals surface area contributed by atoms with Gasteiger partial charge in [-0.3, -0.25) is 4.79 Å². The molecule has 0 aromatic heterocycles. The van der Waals surface area contributed by atoms with Gasteiger partial charge in [-0.15, -0.1) is 0 Å². The second kappa shape index (κ2) is 4.69. The number of benzene rings is 1. The van der Waals surface area contributed by atoms with E-state index in [1.165, 1.54) is 6.07 Å². The van der Waals surface area contributed by atoms with Crippen molar-refractivity contribution >= 4 is 11.7 Å². The summed E-state index contributed by atoms with van der Waals surface area (Å²) in [6.07, 6.45) is -2.48. The zero-order valence-electron chi connectivity index (χ0n) is 14.4. The molecule has 2 fully saturated rings. The van der Waals surface area contributed by atoms with Gasteiger partial charge in [-0.1, -0.05) is 0 Å². The van der Waals surface area contributed by atoms with Crippen molar-refractivity contribution in [2.45, 2.75) is 63.0 Å². The van der Waals surface area contributed by atoms with Crippen LogP contribution >= 0.6 is 0 Å². The lowest BCUT2D eigenvalue weighted by molar-refractivity contribution is -0.156. The number of nitrogens with two attached hydrogens (primary N) is 1. The van der Waals surface area contributed by atoms with Crippen molar-refractivity contribution in [2.24, 2.45) is 11.7 Å². The number of carbonyl (C=O) groups excluding carboxylic acids is 1. The third-order valence-corrected chi connectivity index (χ3v) is 5.26. The van der Waals surface area contributed by atoms with Crippen LogP contribution in [0.5, 0.6) is 0 Å². The van der Waals surface area contributed by atoms with E-state index >= 15 is 0 Å². The molecule has 25 heavy (non-hydrogen) atoms. The molecule has 2 aliphatic heterocycles. The Morgan fingerprint density at radius 1 is 1.28 bits per heavy atom. The van der Waals surface area contributed by atoms with Gasteiger partial charge in [0.1, 0.15) is 17.2 Å². The van der Waals surface area contributed by atoms with E-state index < -0.39 is 34.9 Å². The molecule has 4 nitrogen and oxygen atoms in total. The Kier molecular flexibility index (Phi) is 3.13. The molecular formula is C18H21F3N2O2. The average Bonchev–Trinajstić information content (AvgIpc) is 3.34. The van der Waals surface area contributed by atoms with E-state index in [4.69, 9.17) is 10.5 Å².